The molecule has 0 radical (unpaired) electrons. The Morgan fingerprint density at radius 1 is 1.14 bits per heavy atom. The minimum absolute atomic E-state index is 0.216. The number of ether oxygens (including phenoxy) is 1. The molecule has 2 aromatic carbocycles. The van der Waals surface area contributed by atoms with Crippen molar-refractivity contribution in [2.45, 2.75) is 32.6 Å². The topological polar surface area (TPSA) is 82.6 Å². The molecular formula is C22H31N3O3. The molecule has 1 fully saturated rings. The van der Waals surface area contributed by atoms with Crippen molar-refractivity contribution in [2.24, 2.45) is 0 Å². The van der Waals surface area contributed by atoms with E-state index in [1.54, 1.807) is 19.2 Å². The van der Waals surface area contributed by atoms with Gasteiger partial charge in [0.05, 0.1) is 16.9 Å². The van der Waals surface area contributed by atoms with Crippen molar-refractivity contribution in [3.63, 3.8) is 0 Å². The molecule has 0 atom stereocenters. The molecule has 6 nitrogen and oxygen atoms in total. The Morgan fingerprint density at radius 2 is 1.82 bits per heavy atom. The number of para-hydroxylation sites is 1. The van der Waals surface area contributed by atoms with Crippen LogP contribution in [0.15, 0.2) is 42.5 Å². The summed E-state index contributed by atoms with van der Waals surface area (Å²) in [7, 11) is 1.74. The second kappa shape index (κ2) is 11.9. The molecule has 0 unspecified atom stereocenters. The van der Waals surface area contributed by atoms with E-state index in [4.69, 9.17) is 4.74 Å². The van der Waals surface area contributed by atoms with Crippen LogP contribution in [0.3, 0.4) is 0 Å². The van der Waals surface area contributed by atoms with Crippen LogP contribution in [0.25, 0.3) is 0 Å². The van der Waals surface area contributed by atoms with Crippen molar-refractivity contribution < 1.29 is 14.6 Å². The van der Waals surface area contributed by atoms with Gasteiger partial charge >= 0.3 is 5.97 Å². The molecule has 0 amide bonds. The summed E-state index contributed by atoms with van der Waals surface area (Å²) in [5.41, 5.74) is 1.52. The summed E-state index contributed by atoms with van der Waals surface area (Å²) >= 11 is 0. The monoisotopic (exact) mass is 385 g/mol. The number of aromatic carboxylic acids is 1. The molecule has 0 saturated carbocycles. The molecule has 28 heavy (non-hydrogen) atoms. The Morgan fingerprint density at radius 3 is 2.36 bits per heavy atom. The number of benzene rings is 2. The predicted molar refractivity (Wildman–Crippen MR) is 115 cm³/mol. The fourth-order valence-corrected chi connectivity index (χ4v) is 2.81. The smallest absolute Gasteiger partial charge is 0.335 e. The number of carboxylic acids is 1. The van der Waals surface area contributed by atoms with E-state index < -0.39 is 5.97 Å². The van der Waals surface area contributed by atoms with Gasteiger partial charge in [-0.1, -0.05) is 31.5 Å². The average molecular weight is 386 g/mol. The summed E-state index contributed by atoms with van der Waals surface area (Å²) in [5, 5.41) is 18.8. The Balaban J connectivity index is 0.000000485. The van der Waals surface area contributed by atoms with Gasteiger partial charge in [0.2, 0.25) is 0 Å². The average Bonchev–Trinajstić information content (AvgIpc) is 3.30. The zero-order chi connectivity index (χ0) is 20.2. The van der Waals surface area contributed by atoms with Gasteiger partial charge in [0.15, 0.2) is 5.75 Å². The molecule has 3 rings (SSSR count). The van der Waals surface area contributed by atoms with E-state index in [-0.39, 0.29) is 5.56 Å². The van der Waals surface area contributed by atoms with E-state index >= 15 is 0 Å². The van der Waals surface area contributed by atoms with Crippen LogP contribution in [-0.2, 0) is 0 Å². The lowest BCUT2D eigenvalue weighted by atomic mass is 10.1. The minimum Gasteiger partial charge on any atom is -0.478 e. The van der Waals surface area contributed by atoms with E-state index in [2.05, 4.69) is 22.9 Å². The lowest BCUT2D eigenvalue weighted by Gasteiger charge is -2.17. The van der Waals surface area contributed by atoms with Crippen LogP contribution < -0.4 is 20.7 Å². The first-order chi connectivity index (χ1) is 13.7. The zero-order valence-electron chi connectivity index (χ0n) is 16.8. The Labute approximate surface area is 167 Å². The van der Waals surface area contributed by atoms with Gasteiger partial charge < -0.3 is 25.8 Å². The highest BCUT2D eigenvalue weighted by atomic mass is 16.5. The highest BCUT2D eigenvalue weighted by molar-refractivity contribution is 5.92. The lowest BCUT2D eigenvalue weighted by molar-refractivity contribution is 0.0697. The molecule has 2 aromatic rings. The third-order valence-corrected chi connectivity index (χ3v) is 4.37. The first-order valence-electron chi connectivity index (χ1n) is 9.92. The molecule has 4 N–H and O–H groups in total. The zero-order valence-corrected chi connectivity index (χ0v) is 16.8. The van der Waals surface area contributed by atoms with Crippen LogP contribution in [0.4, 0.5) is 11.4 Å². The molecular weight excluding hydrogens is 354 g/mol. The van der Waals surface area contributed by atoms with Crippen LogP contribution in [0.2, 0.25) is 0 Å². The fourth-order valence-electron chi connectivity index (χ4n) is 2.81. The molecule has 1 heterocycles. The van der Waals surface area contributed by atoms with Gasteiger partial charge in [0, 0.05) is 13.6 Å². The molecule has 6 heteroatoms. The molecule has 0 bridgehead atoms. The highest BCUT2D eigenvalue weighted by Crippen LogP contribution is 2.38. The highest BCUT2D eigenvalue weighted by Gasteiger charge is 2.15. The summed E-state index contributed by atoms with van der Waals surface area (Å²) in [6.45, 7) is 5.36. The Kier molecular flexibility index (Phi) is 9.15. The number of hydrogen-bond acceptors (Lipinski definition) is 5. The van der Waals surface area contributed by atoms with E-state index in [1.165, 1.54) is 25.9 Å². The van der Waals surface area contributed by atoms with Crippen molar-refractivity contribution in [3.8, 4) is 11.5 Å². The van der Waals surface area contributed by atoms with Gasteiger partial charge in [-0.15, -0.1) is 0 Å². The minimum atomic E-state index is -0.966. The second-order valence-electron chi connectivity index (χ2n) is 6.61. The SMILES string of the molecule is C1CCNC1.CCCCNc1cc(C(=O)O)cc(NC)c1Oc1ccccc1. The molecule has 1 aliphatic rings. The van der Waals surface area contributed by atoms with Crippen LogP contribution >= 0.6 is 0 Å². The quantitative estimate of drug-likeness (QED) is 0.489. The van der Waals surface area contributed by atoms with Crippen molar-refractivity contribution in [1.82, 2.24) is 5.32 Å². The Hall–Kier alpha value is -2.73. The van der Waals surface area contributed by atoms with Gasteiger partial charge in [-0.2, -0.15) is 0 Å². The van der Waals surface area contributed by atoms with Crippen LogP contribution in [0.1, 0.15) is 43.0 Å². The van der Waals surface area contributed by atoms with Crippen LogP contribution in [-0.4, -0.2) is 37.8 Å². The number of nitrogens with one attached hydrogen (secondary N) is 3. The lowest BCUT2D eigenvalue weighted by Crippen LogP contribution is -2.07. The van der Waals surface area contributed by atoms with Crippen molar-refractivity contribution in [2.75, 3.05) is 37.3 Å². The van der Waals surface area contributed by atoms with Crippen molar-refractivity contribution in [1.29, 1.82) is 0 Å². The number of unbranched alkanes of at least 4 members (excludes halogenated alkanes) is 1. The van der Waals surface area contributed by atoms with Gasteiger partial charge in [0.1, 0.15) is 5.75 Å². The van der Waals surface area contributed by atoms with E-state index in [1.807, 2.05) is 30.3 Å². The van der Waals surface area contributed by atoms with Crippen molar-refractivity contribution in [3.05, 3.63) is 48.0 Å². The third kappa shape index (κ3) is 6.78. The first-order valence-corrected chi connectivity index (χ1v) is 9.92. The summed E-state index contributed by atoms with van der Waals surface area (Å²) in [6.07, 6.45) is 4.83. The summed E-state index contributed by atoms with van der Waals surface area (Å²) in [6, 6.07) is 12.6. The van der Waals surface area contributed by atoms with E-state index in [0.29, 0.717) is 22.9 Å². The molecule has 0 aromatic heterocycles. The molecule has 0 aliphatic carbocycles. The summed E-state index contributed by atoms with van der Waals surface area (Å²) in [4.78, 5) is 11.3. The molecule has 152 valence electrons. The van der Waals surface area contributed by atoms with Crippen LogP contribution in [0, 0.1) is 0 Å². The maximum Gasteiger partial charge on any atom is 0.335 e. The predicted octanol–water partition coefficient (Wildman–Crippen LogP) is 4.80. The van der Waals surface area contributed by atoms with Gasteiger partial charge in [-0.05, 0) is 56.6 Å². The number of rotatable bonds is 8. The van der Waals surface area contributed by atoms with Gasteiger partial charge in [0.25, 0.3) is 0 Å². The second-order valence-corrected chi connectivity index (χ2v) is 6.61. The summed E-state index contributed by atoms with van der Waals surface area (Å²) < 4.78 is 5.98. The molecule has 0 spiro atoms. The number of carboxylic acid groups (broad SMARTS) is 1. The first kappa shape index (κ1) is 21.6. The van der Waals surface area contributed by atoms with Crippen molar-refractivity contribution >= 4 is 17.3 Å². The maximum atomic E-state index is 11.3. The van der Waals surface area contributed by atoms with Gasteiger partial charge in [-0.3, -0.25) is 0 Å². The number of carbonyl (C=O) groups is 1. The normalized spacial score (nSPS) is 12.6. The maximum absolute atomic E-state index is 11.3. The molecule has 1 aliphatic heterocycles. The van der Waals surface area contributed by atoms with E-state index in [0.717, 1.165) is 19.4 Å². The van der Waals surface area contributed by atoms with E-state index in [9.17, 15) is 9.90 Å². The van der Waals surface area contributed by atoms with Crippen LogP contribution in [0.5, 0.6) is 11.5 Å². The molecule has 1 saturated heterocycles. The largest absolute Gasteiger partial charge is 0.478 e. The Bertz CT molecular complexity index is 724. The fraction of sp³-hybridized carbons (Fsp3) is 0.409. The standard InChI is InChI=1S/C18H22N2O3.C4H9N/c1-3-4-10-20-16-12-13(18(21)22)11-15(19-2)17(16)23-14-8-6-5-7-9-14;1-2-4-5-3-1/h5-9,11-12,19-20H,3-4,10H2,1-2H3,(H,21,22);5H,1-4H2. The van der Waals surface area contributed by atoms with Gasteiger partial charge in [-0.25, -0.2) is 4.79 Å². The number of anilines is 2. The number of hydrogen-bond donors (Lipinski definition) is 4. The summed E-state index contributed by atoms with van der Waals surface area (Å²) in [5.74, 6) is 0.330. The third-order valence-electron chi connectivity index (χ3n) is 4.37.